The molecular formula is C8H4F3IO2. The van der Waals surface area contributed by atoms with Gasteiger partial charge in [-0.1, -0.05) is 0 Å². The van der Waals surface area contributed by atoms with E-state index in [9.17, 15) is 18.0 Å². The molecule has 0 spiro atoms. The summed E-state index contributed by atoms with van der Waals surface area (Å²) >= 11 is 1.37. The average Bonchev–Trinajstić information content (AvgIpc) is 2.15. The lowest BCUT2D eigenvalue weighted by atomic mass is 10.1. The van der Waals surface area contributed by atoms with Gasteiger partial charge < -0.3 is 3.07 Å². The van der Waals surface area contributed by atoms with Gasteiger partial charge in [-0.3, -0.25) is 0 Å². The van der Waals surface area contributed by atoms with E-state index in [0.29, 0.717) is 0 Å². The van der Waals surface area contributed by atoms with Crippen LogP contribution in [0.5, 0.6) is 0 Å². The number of carbonyl (C=O) groups is 1. The molecule has 76 valence electrons. The standard InChI is InChI=1S/C8H4F3IO2/c9-8(10,11)6-3-1-5(2-4-6)7(13)14-12/h1-4H. The molecule has 0 aliphatic carbocycles. The van der Waals surface area contributed by atoms with Crippen molar-refractivity contribution in [3.8, 4) is 0 Å². The van der Waals surface area contributed by atoms with E-state index in [-0.39, 0.29) is 5.56 Å². The first kappa shape index (κ1) is 11.3. The average molecular weight is 316 g/mol. The summed E-state index contributed by atoms with van der Waals surface area (Å²) in [4.78, 5) is 10.9. The molecule has 0 aromatic heterocycles. The maximum Gasteiger partial charge on any atom is 0.416 e. The van der Waals surface area contributed by atoms with Crippen LogP contribution in [-0.4, -0.2) is 5.97 Å². The van der Waals surface area contributed by atoms with Crippen LogP contribution in [-0.2, 0) is 9.24 Å². The summed E-state index contributed by atoms with van der Waals surface area (Å²) in [6.45, 7) is 0. The maximum atomic E-state index is 12.1. The van der Waals surface area contributed by atoms with Crippen LogP contribution in [0.2, 0.25) is 0 Å². The summed E-state index contributed by atoms with van der Waals surface area (Å²) < 4.78 is 40.6. The van der Waals surface area contributed by atoms with Crippen LogP contribution >= 0.6 is 23.0 Å². The fraction of sp³-hybridized carbons (Fsp3) is 0.125. The van der Waals surface area contributed by atoms with Gasteiger partial charge >= 0.3 is 12.1 Å². The third-order valence-corrected chi connectivity index (χ3v) is 1.92. The number of rotatable bonds is 1. The molecule has 0 saturated heterocycles. The van der Waals surface area contributed by atoms with Gasteiger partial charge in [0, 0.05) is 0 Å². The molecule has 6 heteroatoms. The highest BCUT2D eigenvalue weighted by atomic mass is 127. The van der Waals surface area contributed by atoms with Crippen LogP contribution < -0.4 is 0 Å². The SMILES string of the molecule is O=C(OI)c1ccc(C(F)(F)F)cc1. The molecule has 2 nitrogen and oxygen atoms in total. The lowest BCUT2D eigenvalue weighted by molar-refractivity contribution is -0.137. The van der Waals surface area contributed by atoms with Crippen LogP contribution in [0, 0.1) is 0 Å². The zero-order valence-electron chi connectivity index (χ0n) is 6.64. The van der Waals surface area contributed by atoms with Crippen LogP contribution in [0.1, 0.15) is 15.9 Å². The van der Waals surface area contributed by atoms with Crippen LogP contribution in [0.25, 0.3) is 0 Å². The van der Waals surface area contributed by atoms with Crippen LogP contribution in [0.3, 0.4) is 0 Å². The normalized spacial score (nSPS) is 11.1. The third kappa shape index (κ3) is 2.60. The summed E-state index contributed by atoms with van der Waals surface area (Å²) in [6.07, 6.45) is -4.38. The van der Waals surface area contributed by atoms with Crippen molar-refractivity contribution in [3.63, 3.8) is 0 Å². The van der Waals surface area contributed by atoms with Crippen molar-refractivity contribution in [2.24, 2.45) is 0 Å². The van der Waals surface area contributed by atoms with Crippen molar-refractivity contribution in [2.75, 3.05) is 0 Å². The molecule has 0 aliphatic rings. The molecule has 1 rings (SSSR count). The Hall–Kier alpha value is -0.790. The highest BCUT2D eigenvalue weighted by molar-refractivity contribution is 14.1. The smallest absolute Gasteiger partial charge is 0.391 e. The van der Waals surface area contributed by atoms with Gasteiger partial charge in [0.1, 0.15) is 0 Å². The van der Waals surface area contributed by atoms with Crippen molar-refractivity contribution < 1.29 is 21.0 Å². The summed E-state index contributed by atoms with van der Waals surface area (Å²) in [6, 6.07) is 3.82. The Morgan fingerprint density at radius 3 is 2.07 bits per heavy atom. The van der Waals surface area contributed by atoms with E-state index in [1.165, 1.54) is 23.0 Å². The van der Waals surface area contributed by atoms with Crippen LogP contribution in [0.15, 0.2) is 24.3 Å². The van der Waals surface area contributed by atoms with E-state index in [4.69, 9.17) is 0 Å². The topological polar surface area (TPSA) is 26.3 Å². The predicted octanol–water partition coefficient (Wildman–Crippen LogP) is 3.21. The fourth-order valence-electron chi connectivity index (χ4n) is 0.840. The minimum absolute atomic E-state index is 0.0902. The Kier molecular flexibility index (Phi) is 3.35. The van der Waals surface area contributed by atoms with E-state index >= 15 is 0 Å². The highest BCUT2D eigenvalue weighted by Gasteiger charge is 2.30. The van der Waals surface area contributed by atoms with Gasteiger partial charge in [0.15, 0.2) is 23.0 Å². The van der Waals surface area contributed by atoms with Gasteiger partial charge in [-0.25, -0.2) is 4.79 Å². The third-order valence-electron chi connectivity index (χ3n) is 1.52. The molecular weight excluding hydrogens is 312 g/mol. The second-order valence-electron chi connectivity index (χ2n) is 2.44. The van der Waals surface area contributed by atoms with Crippen molar-refractivity contribution in [3.05, 3.63) is 35.4 Å². The van der Waals surface area contributed by atoms with Crippen LogP contribution in [0.4, 0.5) is 13.2 Å². The maximum absolute atomic E-state index is 12.1. The monoisotopic (exact) mass is 316 g/mol. The number of hydrogen-bond acceptors (Lipinski definition) is 2. The molecule has 0 amide bonds. The lowest BCUT2D eigenvalue weighted by Gasteiger charge is -2.06. The summed E-state index contributed by atoms with van der Waals surface area (Å²) in [5.41, 5.74) is -0.699. The van der Waals surface area contributed by atoms with Gasteiger partial charge in [-0.15, -0.1) is 0 Å². The largest absolute Gasteiger partial charge is 0.416 e. The van der Waals surface area contributed by atoms with E-state index in [2.05, 4.69) is 3.07 Å². The second kappa shape index (κ2) is 4.16. The molecule has 0 N–H and O–H groups in total. The molecule has 0 unspecified atom stereocenters. The molecule has 0 atom stereocenters. The van der Waals surface area contributed by atoms with E-state index in [1.54, 1.807) is 0 Å². The molecule has 14 heavy (non-hydrogen) atoms. The number of hydrogen-bond donors (Lipinski definition) is 0. The Morgan fingerprint density at radius 1 is 1.21 bits per heavy atom. The Balaban J connectivity index is 2.95. The van der Waals surface area contributed by atoms with Crippen molar-refractivity contribution in [1.29, 1.82) is 0 Å². The molecule has 1 aromatic rings. The summed E-state index contributed by atoms with van der Waals surface area (Å²) in [5, 5.41) is 0. The van der Waals surface area contributed by atoms with Crippen molar-refractivity contribution >= 4 is 29.0 Å². The van der Waals surface area contributed by atoms with Gasteiger partial charge in [-0.2, -0.15) is 13.2 Å². The Labute approximate surface area is 91.7 Å². The van der Waals surface area contributed by atoms with Gasteiger partial charge in [0.2, 0.25) is 0 Å². The van der Waals surface area contributed by atoms with E-state index in [1.807, 2.05) is 0 Å². The first-order chi connectivity index (χ1) is 6.45. The predicted molar refractivity (Wildman–Crippen MR) is 50.9 cm³/mol. The molecule has 0 aliphatic heterocycles. The first-order valence-corrected chi connectivity index (χ1v) is 4.33. The number of halogens is 4. The number of benzene rings is 1. The molecule has 0 bridgehead atoms. The van der Waals surface area contributed by atoms with E-state index in [0.717, 1.165) is 24.3 Å². The molecule has 0 heterocycles. The van der Waals surface area contributed by atoms with Gasteiger partial charge in [-0.05, 0) is 24.3 Å². The zero-order valence-corrected chi connectivity index (χ0v) is 8.80. The Morgan fingerprint density at radius 2 is 1.71 bits per heavy atom. The highest BCUT2D eigenvalue weighted by Crippen LogP contribution is 2.29. The van der Waals surface area contributed by atoms with Gasteiger partial charge in [0.25, 0.3) is 0 Å². The summed E-state index contributed by atoms with van der Waals surface area (Å²) in [5.74, 6) is -0.667. The van der Waals surface area contributed by atoms with E-state index < -0.39 is 17.7 Å². The minimum atomic E-state index is -4.38. The first-order valence-electron chi connectivity index (χ1n) is 3.45. The minimum Gasteiger partial charge on any atom is -0.391 e. The Bertz CT molecular complexity index is 331. The molecule has 0 radical (unpaired) electrons. The quantitative estimate of drug-likeness (QED) is 0.744. The summed E-state index contributed by atoms with van der Waals surface area (Å²) in [7, 11) is 0. The molecule has 0 saturated carbocycles. The lowest BCUT2D eigenvalue weighted by Crippen LogP contribution is -2.05. The molecule has 1 aromatic carbocycles. The second-order valence-corrected chi connectivity index (χ2v) is 2.88. The fourth-order valence-corrected chi connectivity index (χ4v) is 1.09. The number of alkyl halides is 3. The van der Waals surface area contributed by atoms with Crippen molar-refractivity contribution in [2.45, 2.75) is 6.18 Å². The molecule has 0 fully saturated rings. The number of carbonyl (C=O) groups excluding carboxylic acids is 1. The van der Waals surface area contributed by atoms with Crippen molar-refractivity contribution in [1.82, 2.24) is 0 Å². The zero-order chi connectivity index (χ0) is 10.8. The van der Waals surface area contributed by atoms with Gasteiger partial charge in [0.05, 0.1) is 11.1 Å².